The number of amides is 2. The quantitative estimate of drug-likeness (QED) is 0.393. The fourth-order valence-corrected chi connectivity index (χ4v) is 5.95. The molecule has 7 heteroatoms. The molecule has 2 aromatic carbocycles. The van der Waals surface area contributed by atoms with Gasteiger partial charge in [-0.25, -0.2) is 0 Å². The van der Waals surface area contributed by atoms with Gasteiger partial charge in [-0.2, -0.15) is 0 Å². The highest BCUT2D eigenvalue weighted by atomic mass is 32.1. The molecule has 2 aromatic heterocycles. The summed E-state index contributed by atoms with van der Waals surface area (Å²) in [6.07, 6.45) is 3.43. The average Bonchev–Trinajstić information content (AvgIpc) is 3.41. The maximum Gasteiger partial charge on any atom is 0.292 e. The first-order valence-corrected chi connectivity index (χ1v) is 12.6. The SMILES string of the molecule is Cc1cc(C)c2oc(C(=O)Nc3sc4c(c3C(=O)NCCc3ccccc3)CCC4)cc(=O)c2c1. The Labute approximate surface area is 207 Å². The van der Waals surface area contributed by atoms with Gasteiger partial charge >= 0.3 is 0 Å². The van der Waals surface area contributed by atoms with Gasteiger partial charge in [0.05, 0.1) is 10.9 Å². The lowest BCUT2D eigenvalue weighted by atomic mass is 10.1. The van der Waals surface area contributed by atoms with Crippen molar-refractivity contribution in [3.05, 3.63) is 97.2 Å². The van der Waals surface area contributed by atoms with E-state index >= 15 is 0 Å². The zero-order chi connectivity index (χ0) is 24.5. The van der Waals surface area contributed by atoms with Crippen LogP contribution in [0.15, 0.2) is 57.7 Å². The number of thiophene rings is 1. The largest absolute Gasteiger partial charge is 0.450 e. The van der Waals surface area contributed by atoms with Gasteiger partial charge in [-0.15, -0.1) is 11.3 Å². The van der Waals surface area contributed by atoms with Gasteiger partial charge in [0.25, 0.3) is 11.8 Å². The number of hydrogen-bond donors (Lipinski definition) is 2. The first kappa shape index (κ1) is 23.1. The Morgan fingerprint density at radius 2 is 1.83 bits per heavy atom. The molecule has 0 bridgehead atoms. The maximum atomic E-state index is 13.2. The van der Waals surface area contributed by atoms with E-state index in [2.05, 4.69) is 10.6 Å². The van der Waals surface area contributed by atoms with Crippen LogP contribution in [0.25, 0.3) is 11.0 Å². The van der Waals surface area contributed by atoms with Crippen molar-refractivity contribution >= 4 is 39.1 Å². The molecule has 0 aliphatic heterocycles. The summed E-state index contributed by atoms with van der Waals surface area (Å²) >= 11 is 1.43. The lowest BCUT2D eigenvalue weighted by Crippen LogP contribution is -2.27. The minimum absolute atomic E-state index is 0.0709. The van der Waals surface area contributed by atoms with Crippen molar-refractivity contribution in [3.63, 3.8) is 0 Å². The van der Waals surface area contributed by atoms with E-state index in [1.54, 1.807) is 6.07 Å². The molecule has 1 aliphatic rings. The summed E-state index contributed by atoms with van der Waals surface area (Å²) in [5.74, 6) is -0.803. The maximum absolute atomic E-state index is 13.2. The first-order chi connectivity index (χ1) is 16.9. The summed E-state index contributed by atoms with van der Waals surface area (Å²) in [7, 11) is 0. The van der Waals surface area contributed by atoms with E-state index in [9.17, 15) is 14.4 Å². The Balaban J connectivity index is 1.39. The minimum atomic E-state index is -0.540. The van der Waals surface area contributed by atoms with Crippen molar-refractivity contribution in [2.75, 3.05) is 11.9 Å². The van der Waals surface area contributed by atoms with Gasteiger partial charge in [-0.05, 0) is 67.9 Å². The number of carbonyl (C=O) groups is 2. The van der Waals surface area contributed by atoms with Gasteiger partial charge in [0.15, 0.2) is 11.2 Å². The number of anilines is 1. The molecule has 1 aliphatic carbocycles. The molecule has 6 nitrogen and oxygen atoms in total. The predicted molar refractivity (Wildman–Crippen MR) is 139 cm³/mol. The fourth-order valence-electron chi connectivity index (χ4n) is 4.67. The molecule has 2 heterocycles. The van der Waals surface area contributed by atoms with Gasteiger partial charge in [0.1, 0.15) is 10.6 Å². The number of fused-ring (bicyclic) bond motifs is 2. The smallest absolute Gasteiger partial charge is 0.292 e. The van der Waals surface area contributed by atoms with Crippen LogP contribution in [-0.4, -0.2) is 18.4 Å². The highest BCUT2D eigenvalue weighted by Crippen LogP contribution is 2.39. The molecular formula is C28H26N2O4S. The number of nitrogens with one attached hydrogen (secondary N) is 2. The summed E-state index contributed by atoms with van der Waals surface area (Å²) in [5, 5.41) is 6.81. The molecule has 0 unspecified atom stereocenters. The Kier molecular flexibility index (Phi) is 6.26. The minimum Gasteiger partial charge on any atom is -0.450 e. The first-order valence-electron chi connectivity index (χ1n) is 11.7. The van der Waals surface area contributed by atoms with Gasteiger partial charge in [-0.3, -0.25) is 14.4 Å². The number of carbonyl (C=O) groups excluding carboxylic acids is 2. The summed E-state index contributed by atoms with van der Waals surface area (Å²) in [6.45, 7) is 4.26. The molecule has 35 heavy (non-hydrogen) atoms. The Morgan fingerprint density at radius 3 is 2.63 bits per heavy atom. The van der Waals surface area contributed by atoms with E-state index in [1.807, 2.05) is 50.2 Å². The van der Waals surface area contributed by atoms with Gasteiger partial charge in [-0.1, -0.05) is 36.4 Å². The van der Waals surface area contributed by atoms with Crippen molar-refractivity contribution in [1.82, 2.24) is 5.32 Å². The second-order valence-electron chi connectivity index (χ2n) is 8.94. The second-order valence-corrected chi connectivity index (χ2v) is 10.0. The van der Waals surface area contributed by atoms with Crippen LogP contribution in [0.3, 0.4) is 0 Å². The second kappa shape index (κ2) is 9.50. The standard InChI is InChI=1S/C28H26N2O4S/c1-16-13-17(2)25-20(14-16)21(31)15-22(34-25)26(32)30-28-24(19-9-6-10-23(19)35-28)27(33)29-12-11-18-7-4-3-5-8-18/h3-5,7-8,13-15H,6,9-12H2,1-2H3,(H,29,33)(H,30,32). The Morgan fingerprint density at radius 1 is 1.03 bits per heavy atom. The van der Waals surface area contributed by atoms with E-state index in [1.165, 1.54) is 17.4 Å². The van der Waals surface area contributed by atoms with Crippen LogP contribution < -0.4 is 16.1 Å². The van der Waals surface area contributed by atoms with Crippen molar-refractivity contribution in [2.45, 2.75) is 39.5 Å². The molecule has 0 saturated heterocycles. The van der Waals surface area contributed by atoms with Crippen LogP contribution in [0, 0.1) is 13.8 Å². The van der Waals surface area contributed by atoms with E-state index < -0.39 is 5.91 Å². The number of hydrogen-bond acceptors (Lipinski definition) is 5. The lowest BCUT2D eigenvalue weighted by molar-refractivity contribution is 0.0954. The van der Waals surface area contributed by atoms with E-state index in [0.717, 1.165) is 52.8 Å². The number of benzene rings is 2. The third kappa shape index (κ3) is 4.64. The molecule has 178 valence electrons. The van der Waals surface area contributed by atoms with Crippen molar-refractivity contribution in [3.8, 4) is 0 Å². The molecule has 0 saturated carbocycles. The van der Waals surface area contributed by atoms with Crippen LogP contribution in [0.4, 0.5) is 5.00 Å². The summed E-state index contributed by atoms with van der Waals surface area (Å²) in [5.41, 5.74) is 4.56. The summed E-state index contributed by atoms with van der Waals surface area (Å²) in [6, 6.07) is 14.9. The molecule has 0 spiro atoms. The zero-order valence-corrected chi connectivity index (χ0v) is 20.5. The fraction of sp³-hybridized carbons (Fsp3) is 0.250. The normalized spacial score (nSPS) is 12.5. The Bertz CT molecular complexity index is 1500. The molecule has 2 N–H and O–H groups in total. The van der Waals surface area contributed by atoms with Crippen LogP contribution >= 0.6 is 11.3 Å². The molecule has 2 amide bonds. The van der Waals surface area contributed by atoms with Crippen molar-refractivity contribution in [1.29, 1.82) is 0 Å². The van der Waals surface area contributed by atoms with Crippen molar-refractivity contribution in [2.24, 2.45) is 0 Å². The third-order valence-electron chi connectivity index (χ3n) is 6.30. The third-order valence-corrected chi connectivity index (χ3v) is 7.51. The van der Waals surface area contributed by atoms with Gasteiger partial charge in [0.2, 0.25) is 0 Å². The molecule has 0 fully saturated rings. The summed E-state index contributed by atoms with van der Waals surface area (Å²) < 4.78 is 5.85. The highest BCUT2D eigenvalue weighted by molar-refractivity contribution is 7.17. The number of rotatable bonds is 6. The van der Waals surface area contributed by atoms with E-state index in [-0.39, 0.29) is 17.1 Å². The molecule has 5 rings (SSSR count). The van der Waals surface area contributed by atoms with E-state index in [4.69, 9.17) is 4.42 Å². The van der Waals surface area contributed by atoms with Crippen LogP contribution in [0.1, 0.15) is 54.5 Å². The zero-order valence-electron chi connectivity index (χ0n) is 19.7. The van der Waals surface area contributed by atoms with Gasteiger partial charge < -0.3 is 15.1 Å². The Hall–Kier alpha value is -3.71. The molecular weight excluding hydrogens is 460 g/mol. The van der Waals surface area contributed by atoms with Gasteiger partial charge in [0, 0.05) is 17.5 Å². The number of aryl methyl sites for hydroxylation is 3. The average molecular weight is 487 g/mol. The molecule has 0 radical (unpaired) electrons. The summed E-state index contributed by atoms with van der Waals surface area (Å²) in [4.78, 5) is 40.1. The van der Waals surface area contributed by atoms with Crippen LogP contribution in [0.2, 0.25) is 0 Å². The predicted octanol–water partition coefficient (Wildman–Crippen LogP) is 5.18. The van der Waals surface area contributed by atoms with Crippen molar-refractivity contribution < 1.29 is 14.0 Å². The van der Waals surface area contributed by atoms with E-state index in [0.29, 0.717) is 28.1 Å². The monoisotopic (exact) mass is 486 g/mol. The topological polar surface area (TPSA) is 88.4 Å². The molecule has 4 aromatic rings. The highest BCUT2D eigenvalue weighted by Gasteiger charge is 2.28. The lowest BCUT2D eigenvalue weighted by Gasteiger charge is -2.10. The van der Waals surface area contributed by atoms with Crippen LogP contribution in [0.5, 0.6) is 0 Å². The molecule has 0 atom stereocenters. The van der Waals surface area contributed by atoms with Crippen LogP contribution in [-0.2, 0) is 19.3 Å².